The van der Waals surface area contributed by atoms with Gasteiger partial charge in [-0.25, -0.2) is 0 Å². The van der Waals surface area contributed by atoms with Crippen LogP contribution in [0.25, 0.3) is 0 Å². The molecule has 0 heterocycles. The molecule has 0 unspecified atom stereocenters. The molecule has 21 heavy (non-hydrogen) atoms. The van der Waals surface area contributed by atoms with E-state index in [2.05, 4.69) is 13.8 Å². The van der Waals surface area contributed by atoms with Gasteiger partial charge in [0.2, 0.25) is 0 Å². The van der Waals surface area contributed by atoms with Crippen LogP contribution in [-0.2, 0) is 14.3 Å². The van der Waals surface area contributed by atoms with Gasteiger partial charge in [0.25, 0.3) is 0 Å². The molecule has 2 aliphatic rings. The van der Waals surface area contributed by atoms with Gasteiger partial charge in [-0.2, -0.15) is 0 Å². The lowest BCUT2D eigenvalue weighted by Crippen LogP contribution is -2.47. The Balaban J connectivity index is 2.37. The minimum atomic E-state index is -0.765. The number of rotatable bonds is 3. The molecule has 6 atom stereocenters. The molecule has 0 saturated heterocycles. The number of ketones is 1. The number of hydrogen-bond acceptors (Lipinski definition) is 4. The first-order valence-electron chi connectivity index (χ1n) is 8.05. The summed E-state index contributed by atoms with van der Waals surface area (Å²) in [6.07, 6.45) is 1.92. The number of Topliss-reactive ketones (excluding diaryl/α,β-unsaturated/α-hetero) is 1. The largest absolute Gasteiger partial charge is 0.462 e. The lowest BCUT2D eigenvalue weighted by atomic mass is 9.61. The van der Waals surface area contributed by atoms with Crippen molar-refractivity contribution in [2.75, 3.05) is 0 Å². The van der Waals surface area contributed by atoms with Crippen molar-refractivity contribution in [3.05, 3.63) is 0 Å². The number of carbonyl (C=O) groups is 2. The second kappa shape index (κ2) is 5.71. The van der Waals surface area contributed by atoms with Crippen LogP contribution < -0.4 is 0 Å². The van der Waals surface area contributed by atoms with Crippen LogP contribution in [0.4, 0.5) is 0 Å². The minimum absolute atomic E-state index is 0.0388. The number of esters is 1. The predicted molar refractivity (Wildman–Crippen MR) is 79.5 cm³/mol. The van der Waals surface area contributed by atoms with E-state index >= 15 is 0 Å². The van der Waals surface area contributed by atoms with Gasteiger partial charge in [-0.15, -0.1) is 0 Å². The third-order valence-corrected chi connectivity index (χ3v) is 5.69. The molecule has 4 nitrogen and oxygen atoms in total. The first-order valence-corrected chi connectivity index (χ1v) is 8.05. The number of fused-ring (bicyclic) bond motifs is 1. The van der Waals surface area contributed by atoms with E-state index in [1.54, 1.807) is 6.92 Å². The summed E-state index contributed by atoms with van der Waals surface area (Å²) in [7, 11) is 0. The van der Waals surface area contributed by atoms with Crippen LogP contribution in [0.1, 0.15) is 53.9 Å². The van der Waals surface area contributed by atoms with E-state index in [9.17, 15) is 14.7 Å². The van der Waals surface area contributed by atoms with Gasteiger partial charge in [-0.3, -0.25) is 9.59 Å². The summed E-state index contributed by atoms with van der Waals surface area (Å²) >= 11 is 0. The van der Waals surface area contributed by atoms with Gasteiger partial charge in [0.05, 0.1) is 11.5 Å². The van der Waals surface area contributed by atoms with Crippen LogP contribution in [0.3, 0.4) is 0 Å². The monoisotopic (exact) mass is 296 g/mol. The molecule has 0 aromatic carbocycles. The van der Waals surface area contributed by atoms with Crippen molar-refractivity contribution in [2.45, 2.75) is 65.6 Å². The van der Waals surface area contributed by atoms with E-state index in [4.69, 9.17) is 4.74 Å². The van der Waals surface area contributed by atoms with Gasteiger partial charge >= 0.3 is 5.97 Å². The van der Waals surface area contributed by atoms with Gasteiger partial charge in [0.15, 0.2) is 0 Å². The molecule has 0 bridgehead atoms. The lowest BCUT2D eigenvalue weighted by molar-refractivity contribution is -0.150. The topological polar surface area (TPSA) is 63.6 Å². The summed E-state index contributed by atoms with van der Waals surface area (Å²) in [4.78, 5) is 23.6. The van der Waals surface area contributed by atoms with E-state index in [1.165, 1.54) is 6.92 Å². The molecule has 2 aliphatic carbocycles. The normalized spacial score (nSPS) is 42.7. The maximum atomic E-state index is 12.2. The molecule has 0 aliphatic heterocycles. The summed E-state index contributed by atoms with van der Waals surface area (Å²) in [6.45, 7) is 9.20. The standard InChI is InChI=1S/C17H28O4/c1-9(2)12-6-7-17(5,20)13-8-14(21-11(4)19)15(10(3)18)16(12)13/h9,12-16,20H,6-8H2,1-5H3/t12-,13+,14+,15-,16-,17+/m0/s1. The Morgan fingerprint density at radius 1 is 1.29 bits per heavy atom. The van der Waals surface area contributed by atoms with E-state index in [-0.39, 0.29) is 35.6 Å². The van der Waals surface area contributed by atoms with Crippen molar-refractivity contribution in [3.63, 3.8) is 0 Å². The third kappa shape index (κ3) is 3.01. The Hall–Kier alpha value is -0.900. The zero-order valence-electron chi connectivity index (χ0n) is 13.8. The molecule has 0 radical (unpaired) electrons. The molecule has 0 amide bonds. The molecule has 2 saturated carbocycles. The van der Waals surface area contributed by atoms with E-state index in [0.29, 0.717) is 18.3 Å². The molecular formula is C17H28O4. The van der Waals surface area contributed by atoms with Crippen LogP contribution in [-0.4, -0.2) is 28.6 Å². The average Bonchev–Trinajstić information content (AvgIpc) is 2.67. The highest BCUT2D eigenvalue weighted by Gasteiger charge is 2.58. The average molecular weight is 296 g/mol. The fourth-order valence-corrected chi connectivity index (χ4v) is 4.77. The second-order valence-electron chi connectivity index (χ2n) is 7.51. The van der Waals surface area contributed by atoms with Crippen LogP contribution in [0, 0.1) is 29.6 Å². The molecule has 0 spiro atoms. The van der Waals surface area contributed by atoms with Crippen molar-refractivity contribution >= 4 is 11.8 Å². The van der Waals surface area contributed by atoms with E-state index in [1.807, 2.05) is 6.92 Å². The Labute approximate surface area is 127 Å². The Bertz CT molecular complexity index is 427. The van der Waals surface area contributed by atoms with Gasteiger partial charge in [-0.1, -0.05) is 13.8 Å². The highest BCUT2D eigenvalue weighted by Crippen LogP contribution is 2.55. The van der Waals surface area contributed by atoms with Crippen LogP contribution in [0.15, 0.2) is 0 Å². The first kappa shape index (κ1) is 16.5. The van der Waals surface area contributed by atoms with Crippen molar-refractivity contribution in [2.24, 2.45) is 29.6 Å². The maximum absolute atomic E-state index is 12.2. The lowest BCUT2D eigenvalue weighted by Gasteiger charge is -2.46. The van der Waals surface area contributed by atoms with Crippen molar-refractivity contribution in [1.82, 2.24) is 0 Å². The Kier molecular flexibility index (Phi) is 4.48. The smallest absolute Gasteiger partial charge is 0.302 e. The summed E-state index contributed by atoms with van der Waals surface area (Å²) in [5, 5.41) is 10.7. The fourth-order valence-electron chi connectivity index (χ4n) is 4.77. The SMILES string of the molecule is CC(=O)O[C@@H]1C[C@@H]2[C@@H]([C@H]1C(C)=O)[C@H](C(C)C)CC[C@@]2(C)O. The summed E-state index contributed by atoms with van der Waals surface area (Å²) in [5.74, 6) is 0.504. The first-order chi connectivity index (χ1) is 9.65. The molecule has 2 rings (SSSR count). The highest BCUT2D eigenvalue weighted by molar-refractivity contribution is 5.80. The summed E-state index contributed by atoms with van der Waals surface area (Å²) < 4.78 is 5.43. The Morgan fingerprint density at radius 2 is 1.90 bits per heavy atom. The second-order valence-corrected chi connectivity index (χ2v) is 7.51. The Morgan fingerprint density at radius 3 is 2.38 bits per heavy atom. The zero-order chi connectivity index (χ0) is 15.9. The fraction of sp³-hybridized carbons (Fsp3) is 0.882. The van der Waals surface area contributed by atoms with Gasteiger partial charge in [0.1, 0.15) is 11.9 Å². The third-order valence-electron chi connectivity index (χ3n) is 5.69. The van der Waals surface area contributed by atoms with Crippen molar-refractivity contribution < 1.29 is 19.4 Å². The minimum Gasteiger partial charge on any atom is -0.462 e. The van der Waals surface area contributed by atoms with Crippen LogP contribution >= 0.6 is 0 Å². The van der Waals surface area contributed by atoms with Crippen LogP contribution in [0.5, 0.6) is 0 Å². The van der Waals surface area contributed by atoms with Crippen molar-refractivity contribution in [3.8, 4) is 0 Å². The predicted octanol–water partition coefficient (Wildman–Crippen LogP) is 2.58. The van der Waals surface area contributed by atoms with Gasteiger partial charge in [-0.05, 0) is 56.8 Å². The molecule has 2 fully saturated rings. The molecule has 4 heteroatoms. The summed E-state index contributed by atoms with van der Waals surface area (Å²) in [6, 6.07) is 0. The van der Waals surface area contributed by atoms with Crippen molar-refractivity contribution in [1.29, 1.82) is 0 Å². The zero-order valence-corrected chi connectivity index (χ0v) is 13.8. The molecule has 0 aromatic rings. The quantitative estimate of drug-likeness (QED) is 0.813. The number of hydrogen-bond donors (Lipinski definition) is 1. The van der Waals surface area contributed by atoms with E-state index < -0.39 is 5.60 Å². The molecular weight excluding hydrogens is 268 g/mol. The molecule has 120 valence electrons. The molecule has 0 aromatic heterocycles. The van der Waals surface area contributed by atoms with E-state index in [0.717, 1.165) is 12.8 Å². The van der Waals surface area contributed by atoms with Crippen LogP contribution in [0.2, 0.25) is 0 Å². The maximum Gasteiger partial charge on any atom is 0.302 e. The van der Waals surface area contributed by atoms with Gasteiger partial charge < -0.3 is 9.84 Å². The number of ether oxygens (including phenoxy) is 1. The number of carbonyl (C=O) groups excluding carboxylic acids is 2. The molecule has 1 N–H and O–H groups in total. The highest BCUT2D eigenvalue weighted by atomic mass is 16.5. The number of aliphatic hydroxyl groups is 1. The summed E-state index contributed by atoms with van der Waals surface area (Å²) in [5.41, 5.74) is -0.765. The van der Waals surface area contributed by atoms with Gasteiger partial charge in [0, 0.05) is 6.92 Å².